The van der Waals surface area contributed by atoms with Crippen molar-refractivity contribution in [2.24, 2.45) is 0 Å². The molecule has 0 aliphatic carbocycles. The first-order valence-electron chi connectivity index (χ1n) is 10.0. The molecule has 0 unspecified atom stereocenters. The SMILES string of the molecule is CNCCc1ccc(NC(=O)c2ccc(C(=O)OC)cc2NC(=O)c2ccccn2)cc1. The standard InChI is InChI=1S/C24H24N4O4/c1-25-14-12-16-6-9-18(10-7-16)27-22(29)19-11-8-17(24(31)32-2)15-21(19)28-23(30)20-5-3-4-13-26-20/h3-11,13,15,25H,12,14H2,1-2H3,(H,27,29)(H,28,30). The molecule has 3 N–H and O–H groups in total. The van der Waals surface area contributed by atoms with E-state index < -0.39 is 17.8 Å². The van der Waals surface area contributed by atoms with E-state index in [1.54, 1.807) is 18.2 Å². The van der Waals surface area contributed by atoms with Crippen molar-refractivity contribution in [2.45, 2.75) is 6.42 Å². The van der Waals surface area contributed by atoms with Crippen molar-refractivity contribution in [3.8, 4) is 0 Å². The molecule has 0 radical (unpaired) electrons. The second-order valence-corrected chi connectivity index (χ2v) is 6.93. The number of carbonyl (C=O) groups excluding carboxylic acids is 3. The monoisotopic (exact) mass is 432 g/mol. The van der Waals surface area contributed by atoms with Gasteiger partial charge in [0, 0.05) is 11.9 Å². The minimum Gasteiger partial charge on any atom is -0.465 e. The summed E-state index contributed by atoms with van der Waals surface area (Å²) in [5.41, 5.74) is 2.51. The zero-order valence-electron chi connectivity index (χ0n) is 17.8. The Hall–Kier alpha value is -4.04. The van der Waals surface area contributed by atoms with Gasteiger partial charge in [-0.15, -0.1) is 0 Å². The van der Waals surface area contributed by atoms with Crippen LogP contribution in [0.15, 0.2) is 66.9 Å². The van der Waals surface area contributed by atoms with Gasteiger partial charge in [-0.25, -0.2) is 4.79 Å². The highest BCUT2D eigenvalue weighted by atomic mass is 16.5. The number of nitrogens with one attached hydrogen (secondary N) is 3. The fourth-order valence-electron chi connectivity index (χ4n) is 3.00. The lowest BCUT2D eigenvalue weighted by molar-refractivity contribution is 0.0600. The molecule has 0 fully saturated rings. The van der Waals surface area contributed by atoms with E-state index in [4.69, 9.17) is 4.74 Å². The third kappa shape index (κ3) is 5.77. The van der Waals surface area contributed by atoms with Crippen molar-refractivity contribution in [1.82, 2.24) is 10.3 Å². The van der Waals surface area contributed by atoms with Crippen molar-refractivity contribution in [3.63, 3.8) is 0 Å². The van der Waals surface area contributed by atoms with E-state index >= 15 is 0 Å². The Bertz CT molecular complexity index is 1100. The molecule has 164 valence electrons. The molecule has 0 aliphatic rings. The molecule has 8 nitrogen and oxygen atoms in total. The molecule has 1 heterocycles. The molecule has 0 aliphatic heterocycles. The number of amides is 2. The molecule has 2 aromatic carbocycles. The first kappa shape index (κ1) is 22.6. The third-order valence-electron chi connectivity index (χ3n) is 4.71. The summed E-state index contributed by atoms with van der Waals surface area (Å²) in [5.74, 6) is -1.52. The Morgan fingerprint density at radius 3 is 2.38 bits per heavy atom. The van der Waals surface area contributed by atoms with E-state index in [1.165, 1.54) is 31.5 Å². The lowest BCUT2D eigenvalue weighted by Gasteiger charge is -2.13. The summed E-state index contributed by atoms with van der Waals surface area (Å²) in [5, 5.41) is 8.58. The summed E-state index contributed by atoms with van der Waals surface area (Å²) in [7, 11) is 3.15. The van der Waals surface area contributed by atoms with Crippen molar-refractivity contribution in [2.75, 3.05) is 31.3 Å². The maximum absolute atomic E-state index is 13.0. The van der Waals surface area contributed by atoms with E-state index in [-0.39, 0.29) is 22.5 Å². The molecule has 2 amide bonds. The predicted molar refractivity (Wildman–Crippen MR) is 122 cm³/mol. The maximum Gasteiger partial charge on any atom is 0.337 e. The fourth-order valence-corrected chi connectivity index (χ4v) is 3.00. The molecular formula is C24H24N4O4. The number of pyridine rings is 1. The van der Waals surface area contributed by atoms with Crippen LogP contribution in [0.2, 0.25) is 0 Å². The second kappa shape index (κ2) is 10.8. The van der Waals surface area contributed by atoms with E-state index in [1.807, 2.05) is 31.3 Å². The molecule has 3 rings (SSSR count). The van der Waals surface area contributed by atoms with Crippen LogP contribution in [0.25, 0.3) is 0 Å². The Kier molecular flexibility index (Phi) is 7.66. The van der Waals surface area contributed by atoms with Gasteiger partial charge in [0.2, 0.25) is 0 Å². The smallest absolute Gasteiger partial charge is 0.337 e. The summed E-state index contributed by atoms with van der Waals surface area (Å²) in [4.78, 5) is 41.5. The summed E-state index contributed by atoms with van der Waals surface area (Å²) in [6.07, 6.45) is 2.37. The van der Waals surface area contributed by atoms with Gasteiger partial charge in [-0.3, -0.25) is 14.6 Å². The van der Waals surface area contributed by atoms with Crippen molar-refractivity contribution < 1.29 is 19.1 Å². The molecule has 8 heteroatoms. The highest BCUT2D eigenvalue weighted by Gasteiger charge is 2.18. The average Bonchev–Trinajstić information content (AvgIpc) is 2.83. The molecular weight excluding hydrogens is 408 g/mol. The predicted octanol–water partition coefficient (Wildman–Crippen LogP) is 3.13. The van der Waals surface area contributed by atoms with Gasteiger partial charge in [-0.2, -0.15) is 0 Å². The van der Waals surface area contributed by atoms with Gasteiger partial charge in [-0.05, 0) is 68.0 Å². The van der Waals surface area contributed by atoms with E-state index in [0.29, 0.717) is 5.69 Å². The number of methoxy groups -OCH3 is 1. The largest absolute Gasteiger partial charge is 0.465 e. The van der Waals surface area contributed by atoms with Gasteiger partial charge in [0.15, 0.2) is 0 Å². The third-order valence-corrected chi connectivity index (χ3v) is 4.71. The number of carbonyl (C=O) groups is 3. The van der Waals surface area contributed by atoms with E-state index in [0.717, 1.165) is 18.5 Å². The molecule has 3 aromatic rings. The molecule has 0 atom stereocenters. The Morgan fingerprint density at radius 1 is 0.938 bits per heavy atom. The summed E-state index contributed by atoms with van der Waals surface area (Å²) < 4.78 is 4.75. The summed E-state index contributed by atoms with van der Waals surface area (Å²) in [6.45, 7) is 0.859. The second-order valence-electron chi connectivity index (χ2n) is 6.93. The van der Waals surface area contributed by atoms with Gasteiger partial charge in [0.1, 0.15) is 5.69 Å². The normalized spacial score (nSPS) is 10.3. The van der Waals surface area contributed by atoms with E-state index in [2.05, 4.69) is 20.9 Å². The fraction of sp³-hybridized carbons (Fsp3) is 0.167. The number of benzene rings is 2. The Morgan fingerprint density at radius 2 is 1.72 bits per heavy atom. The quantitative estimate of drug-likeness (QED) is 0.472. The van der Waals surface area contributed by atoms with Crippen LogP contribution in [0.3, 0.4) is 0 Å². The van der Waals surface area contributed by atoms with Gasteiger partial charge in [-0.1, -0.05) is 18.2 Å². The number of likely N-dealkylation sites (N-methyl/N-ethyl adjacent to an activating group) is 1. The van der Waals surface area contributed by atoms with Crippen LogP contribution in [0, 0.1) is 0 Å². The van der Waals surface area contributed by atoms with Crippen LogP contribution in [0.1, 0.15) is 36.8 Å². The van der Waals surface area contributed by atoms with Crippen LogP contribution >= 0.6 is 0 Å². The maximum atomic E-state index is 13.0. The number of hydrogen-bond donors (Lipinski definition) is 3. The zero-order chi connectivity index (χ0) is 22.9. The van der Waals surface area contributed by atoms with Gasteiger partial charge < -0.3 is 20.7 Å². The summed E-state index contributed by atoms with van der Waals surface area (Å²) >= 11 is 0. The number of rotatable bonds is 8. The molecule has 1 aromatic heterocycles. The lowest BCUT2D eigenvalue weighted by Crippen LogP contribution is -2.19. The van der Waals surface area contributed by atoms with Crippen molar-refractivity contribution in [3.05, 3.63) is 89.2 Å². The van der Waals surface area contributed by atoms with Crippen LogP contribution < -0.4 is 16.0 Å². The molecule has 0 saturated heterocycles. The number of aromatic nitrogens is 1. The number of hydrogen-bond acceptors (Lipinski definition) is 6. The number of nitrogens with zero attached hydrogens (tertiary/aromatic N) is 1. The minimum atomic E-state index is -0.581. The highest BCUT2D eigenvalue weighted by Crippen LogP contribution is 2.21. The van der Waals surface area contributed by atoms with Gasteiger partial charge in [0.25, 0.3) is 11.8 Å². The first-order chi connectivity index (χ1) is 15.5. The minimum absolute atomic E-state index is 0.173. The van der Waals surface area contributed by atoms with Gasteiger partial charge >= 0.3 is 5.97 Å². The highest BCUT2D eigenvalue weighted by molar-refractivity contribution is 6.13. The molecule has 0 bridgehead atoms. The number of anilines is 2. The van der Waals surface area contributed by atoms with Crippen LogP contribution in [-0.2, 0) is 11.2 Å². The van der Waals surface area contributed by atoms with Crippen molar-refractivity contribution in [1.29, 1.82) is 0 Å². The van der Waals surface area contributed by atoms with Crippen LogP contribution in [-0.4, -0.2) is 43.5 Å². The number of esters is 1. The molecule has 32 heavy (non-hydrogen) atoms. The first-order valence-corrected chi connectivity index (χ1v) is 10.0. The average molecular weight is 432 g/mol. The number of ether oxygens (including phenoxy) is 1. The van der Waals surface area contributed by atoms with Crippen molar-refractivity contribution >= 4 is 29.2 Å². The Labute approximate surface area is 186 Å². The van der Waals surface area contributed by atoms with E-state index in [9.17, 15) is 14.4 Å². The van der Waals surface area contributed by atoms with Crippen LogP contribution in [0.5, 0.6) is 0 Å². The topological polar surface area (TPSA) is 109 Å². The Balaban J connectivity index is 1.84. The lowest BCUT2D eigenvalue weighted by atomic mass is 10.1. The molecule has 0 saturated carbocycles. The van der Waals surface area contributed by atoms with Gasteiger partial charge in [0.05, 0.1) is 23.9 Å². The zero-order valence-corrected chi connectivity index (χ0v) is 17.8. The molecule has 0 spiro atoms. The summed E-state index contributed by atoms with van der Waals surface area (Å²) in [6, 6.07) is 16.8. The van der Waals surface area contributed by atoms with Crippen LogP contribution in [0.4, 0.5) is 11.4 Å².